The van der Waals surface area contributed by atoms with Crippen LogP contribution in [0.4, 0.5) is 11.4 Å². The number of anilines is 2. The average molecular weight is 533 g/mol. The van der Waals surface area contributed by atoms with Gasteiger partial charge in [0, 0.05) is 39.9 Å². The molecule has 3 unspecified atom stereocenters. The van der Waals surface area contributed by atoms with Gasteiger partial charge in [-0.2, -0.15) is 0 Å². The van der Waals surface area contributed by atoms with E-state index in [-0.39, 0.29) is 46.7 Å². The molecule has 1 saturated heterocycles. The van der Waals surface area contributed by atoms with E-state index in [2.05, 4.69) is 10.0 Å². The Kier molecular flexibility index (Phi) is 6.56. The Morgan fingerprint density at radius 2 is 1.74 bits per heavy atom. The van der Waals surface area contributed by atoms with Crippen molar-refractivity contribution < 1.29 is 27.5 Å². The molecule has 2 N–H and O–H groups in total. The highest BCUT2D eigenvalue weighted by Gasteiger charge is 2.45. The van der Waals surface area contributed by atoms with Crippen LogP contribution in [0.5, 0.6) is 0 Å². The molecule has 2 heterocycles. The van der Waals surface area contributed by atoms with Gasteiger partial charge in [-0.1, -0.05) is 50.2 Å². The van der Waals surface area contributed by atoms with E-state index in [1.165, 1.54) is 25.1 Å². The van der Waals surface area contributed by atoms with Gasteiger partial charge in [-0.25, -0.2) is 8.42 Å². The first-order valence-corrected chi connectivity index (χ1v) is 13.9. The molecular weight excluding hydrogens is 504 g/mol. The van der Waals surface area contributed by atoms with Gasteiger partial charge in [0.25, 0.3) is 10.0 Å². The standard InChI is InChI=1S/C29H28N2O6S/c1-16(2)28(34)19-9-7-18(8-10-19)27-24-15-26(33)37-29(24)23-14-21(11-12-25(23)30-27)31-38(35,36)22-6-4-5-20(13-22)17(3)32/h4-14,16,24,27,29-31H,15H2,1-3H3. The van der Waals surface area contributed by atoms with Crippen molar-refractivity contribution in [3.8, 4) is 0 Å². The molecule has 3 atom stereocenters. The Hall–Kier alpha value is -3.98. The molecule has 9 heteroatoms. The molecule has 0 amide bonds. The number of hydrogen-bond acceptors (Lipinski definition) is 7. The molecule has 8 nitrogen and oxygen atoms in total. The van der Waals surface area contributed by atoms with E-state index in [0.717, 1.165) is 11.3 Å². The lowest BCUT2D eigenvalue weighted by Gasteiger charge is -2.36. The topological polar surface area (TPSA) is 119 Å². The van der Waals surface area contributed by atoms with Crippen LogP contribution in [-0.2, 0) is 19.6 Å². The number of Topliss-reactive ketones (excluding diaryl/α,β-unsaturated/α-hetero) is 2. The van der Waals surface area contributed by atoms with E-state index in [4.69, 9.17) is 4.74 Å². The van der Waals surface area contributed by atoms with Gasteiger partial charge in [-0.3, -0.25) is 19.1 Å². The Bertz CT molecular complexity index is 1550. The summed E-state index contributed by atoms with van der Waals surface area (Å²) >= 11 is 0. The maximum absolute atomic E-state index is 13.0. The summed E-state index contributed by atoms with van der Waals surface area (Å²) in [7, 11) is -3.96. The Labute approximate surface area is 221 Å². The smallest absolute Gasteiger partial charge is 0.306 e. The van der Waals surface area contributed by atoms with Crippen LogP contribution in [0.25, 0.3) is 0 Å². The normalized spacial score (nSPS) is 20.2. The Morgan fingerprint density at radius 3 is 2.42 bits per heavy atom. The lowest BCUT2D eigenvalue weighted by molar-refractivity contribution is -0.141. The van der Waals surface area contributed by atoms with Gasteiger partial charge in [0.15, 0.2) is 11.6 Å². The minimum Gasteiger partial charge on any atom is -0.457 e. The first-order valence-electron chi connectivity index (χ1n) is 12.4. The fraction of sp³-hybridized carbons (Fsp3) is 0.276. The zero-order valence-corrected chi connectivity index (χ0v) is 22.0. The van der Waals surface area contributed by atoms with Crippen molar-refractivity contribution in [2.45, 2.75) is 44.2 Å². The molecular formula is C29H28N2O6S. The largest absolute Gasteiger partial charge is 0.457 e. The van der Waals surface area contributed by atoms with Crippen molar-refractivity contribution in [3.05, 3.63) is 89.0 Å². The molecule has 3 aromatic carbocycles. The number of ether oxygens (including phenoxy) is 1. The second kappa shape index (κ2) is 9.72. The number of esters is 1. The number of nitrogens with one attached hydrogen (secondary N) is 2. The number of sulfonamides is 1. The van der Waals surface area contributed by atoms with Gasteiger partial charge >= 0.3 is 5.97 Å². The molecule has 0 saturated carbocycles. The molecule has 2 aliphatic heterocycles. The monoisotopic (exact) mass is 532 g/mol. The summed E-state index contributed by atoms with van der Waals surface area (Å²) in [6.07, 6.45) is -0.339. The molecule has 5 rings (SSSR count). The van der Waals surface area contributed by atoms with E-state index >= 15 is 0 Å². The second-order valence-corrected chi connectivity index (χ2v) is 11.7. The van der Waals surface area contributed by atoms with Gasteiger partial charge in [-0.05, 0) is 42.8 Å². The van der Waals surface area contributed by atoms with Crippen molar-refractivity contribution in [2.75, 3.05) is 10.0 Å². The quantitative estimate of drug-likeness (QED) is 0.313. The summed E-state index contributed by atoms with van der Waals surface area (Å²) in [5, 5.41) is 3.49. The van der Waals surface area contributed by atoms with E-state index in [1.807, 2.05) is 26.0 Å². The number of fused-ring (bicyclic) bond motifs is 3. The van der Waals surface area contributed by atoms with Crippen LogP contribution in [0.1, 0.15) is 71.2 Å². The molecule has 196 valence electrons. The molecule has 1 fully saturated rings. The van der Waals surface area contributed by atoms with Crippen molar-refractivity contribution in [2.24, 2.45) is 11.8 Å². The lowest BCUT2D eigenvalue weighted by Crippen LogP contribution is -2.29. The molecule has 0 bridgehead atoms. The van der Waals surface area contributed by atoms with Gasteiger partial charge in [0.2, 0.25) is 0 Å². The van der Waals surface area contributed by atoms with Crippen molar-refractivity contribution >= 4 is 38.9 Å². The molecule has 3 aromatic rings. The molecule has 0 spiro atoms. The minimum atomic E-state index is -3.96. The molecule has 2 aliphatic rings. The third kappa shape index (κ3) is 4.81. The maximum Gasteiger partial charge on any atom is 0.306 e. The minimum absolute atomic E-state index is 0.0225. The average Bonchev–Trinajstić information content (AvgIpc) is 3.29. The highest BCUT2D eigenvalue weighted by atomic mass is 32.2. The number of hydrogen-bond donors (Lipinski definition) is 2. The van der Waals surface area contributed by atoms with Crippen molar-refractivity contribution in [1.29, 1.82) is 0 Å². The van der Waals surface area contributed by atoms with Gasteiger partial charge < -0.3 is 10.1 Å². The maximum atomic E-state index is 13.0. The second-order valence-electron chi connectivity index (χ2n) is 10.0. The van der Waals surface area contributed by atoms with Crippen LogP contribution in [0.3, 0.4) is 0 Å². The van der Waals surface area contributed by atoms with Gasteiger partial charge in [0.1, 0.15) is 6.10 Å². The van der Waals surface area contributed by atoms with Crippen LogP contribution in [0, 0.1) is 11.8 Å². The summed E-state index contributed by atoms with van der Waals surface area (Å²) in [6, 6.07) is 18.1. The summed E-state index contributed by atoms with van der Waals surface area (Å²) in [6.45, 7) is 5.10. The van der Waals surface area contributed by atoms with Crippen LogP contribution >= 0.6 is 0 Å². The molecule has 0 radical (unpaired) electrons. The third-order valence-corrected chi connectivity index (χ3v) is 8.41. The fourth-order valence-electron chi connectivity index (χ4n) is 5.05. The lowest BCUT2D eigenvalue weighted by atomic mass is 9.80. The number of rotatable bonds is 7. The highest BCUT2D eigenvalue weighted by molar-refractivity contribution is 7.92. The first-order chi connectivity index (χ1) is 18.0. The van der Waals surface area contributed by atoms with Crippen LogP contribution in [0.15, 0.2) is 71.6 Å². The van der Waals surface area contributed by atoms with Crippen molar-refractivity contribution in [3.63, 3.8) is 0 Å². The van der Waals surface area contributed by atoms with E-state index < -0.39 is 16.1 Å². The summed E-state index contributed by atoms with van der Waals surface area (Å²) in [4.78, 5) is 36.4. The highest BCUT2D eigenvalue weighted by Crippen LogP contribution is 2.50. The first kappa shape index (κ1) is 25.7. The summed E-state index contributed by atoms with van der Waals surface area (Å²) in [5.74, 6) is -0.792. The SMILES string of the molecule is CC(=O)c1cccc(S(=O)(=O)Nc2ccc3c(c2)C2OC(=O)CC2C(c2ccc(C(=O)C(C)C)cc2)N3)c1. The predicted octanol–water partition coefficient (Wildman–Crippen LogP) is 5.30. The van der Waals surface area contributed by atoms with Crippen LogP contribution in [-0.4, -0.2) is 26.0 Å². The number of ketones is 2. The van der Waals surface area contributed by atoms with Crippen molar-refractivity contribution in [1.82, 2.24) is 0 Å². The Balaban J connectivity index is 1.44. The summed E-state index contributed by atoms with van der Waals surface area (Å²) in [5.41, 5.74) is 3.60. The fourth-order valence-corrected chi connectivity index (χ4v) is 6.14. The molecule has 38 heavy (non-hydrogen) atoms. The van der Waals surface area contributed by atoms with Gasteiger partial charge in [0.05, 0.1) is 17.4 Å². The van der Waals surface area contributed by atoms with Crippen LogP contribution in [0.2, 0.25) is 0 Å². The third-order valence-electron chi connectivity index (χ3n) is 7.03. The van der Waals surface area contributed by atoms with Gasteiger partial charge in [-0.15, -0.1) is 0 Å². The van der Waals surface area contributed by atoms with Crippen LogP contribution < -0.4 is 10.0 Å². The van der Waals surface area contributed by atoms with E-state index in [1.54, 1.807) is 36.4 Å². The zero-order valence-electron chi connectivity index (χ0n) is 21.2. The summed E-state index contributed by atoms with van der Waals surface area (Å²) < 4.78 is 34.3. The number of carbonyl (C=O) groups is 3. The molecule has 0 aromatic heterocycles. The molecule has 0 aliphatic carbocycles. The van der Waals surface area contributed by atoms with E-state index in [0.29, 0.717) is 22.4 Å². The Morgan fingerprint density at radius 1 is 1.00 bits per heavy atom. The van der Waals surface area contributed by atoms with E-state index in [9.17, 15) is 22.8 Å². The number of benzene rings is 3. The number of carbonyl (C=O) groups excluding carboxylic acids is 3. The zero-order chi connectivity index (χ0) is 27.2. The predicted molar refractivity (Wildman–Crippen MR) is 143 cm³/mol.